The maximum absolute atomic E-state index is 13.7. The lowest BCUT2D eigenvalue weighted by Gasteiger charge is -2.22. The van der Waals surface area contributed by atoms with Gasteiger partial charge in [-0.1, -0.05) is 0 Å². The molecule has 2 N–H and O–H groups in total. The maximum atomic E-state index is 13.7. The number of aromatic nitrogens is 2. The van der Waals surface area contributed by atoms with Crippen molar-refractivity contribution in [2.75, 3.05) is 18.9 Å². The van der Waals surface area contributed by atoms with Gasteiger partial charge in [0.1, 0.15) is 25.2 Å². The second-order valence-electron chi connectivity index (χ2n) is 4.78. The Bertz CT molecular complexity index is 652. The van der Waals surface area contributed by atoms with Crippen LogP contribution >= 0.6 is 0 Å². The third kappa shape index (κ3) is 1.97. The predicted molar refractivity (Wildman–Crippen MR) is 73.6 cm³/mol. The predicted octanol–water partition coefficient (Wildman–Crippen LogP) is 2.47. The van der Waals surface area contributed by atoms with Gasteiger partial charge in [0.05, 0.1) is 6.20 Å². The van der Waals surface area contributed by atoms with Gasteiger partial charge in [0.2, 0.25) is 0 Å². The summed E-state index contributed by atoms with van der Waals surface area (Å²) in [5.74, 6) is 1.65. The molecule has 5 nitrogen and oxygen atoms in total. The van der Waals surface area contributed by atoms with Crippen molar-refractivity contribution in [2.45, 2.75) is 13.1 Å². The molecule has 0 aliphatic carbocycles. The summed E-state index contributed by atoms with van der Waals surface area (Å²) in [5.41, 5.74) is 7.97. The van der Waals surface area contributed by atoms with Crippen LogP contribution in [0.2, 0.25) is 0 Å². The average Bonchev–Trinajstić information content (AvgIpc) is 2.78. The lowest BCUT2D eigenvalue weighted by Crippen LogP contribution is -2.16. The molecule has 106 valence electrons. The second-order valence-corrected chi connectivity index (χ2v) is 4.78. The number of nitrogens with two attached hydrogens (primary N) is 1. The third-order valence-corrected chi connectivity index (χ3v) is 3.40. The number of aryl methyl sites for hydroxylation is 1. The minimum absolute atomic E-state index is 0.457. The van der Waals surface area contributed by atoms with Gasteiger partial charge in [0.25, 0.3) is 0 Å². The van der Waals surface area contributed by atoms with Gasteiger partial charge >= 0.3 is 0 Å². The van der Waals surface area contributed by atoms with Crippen LogP contribution in [0.3, 0.4) is 0 Å². The Balaban J connectivity index is 2.22. The minimum atomic E-state index is -1.09. The van der Waals surface area contributed by atoms with Crippen molar-refractivity contribution >= 4 is 5.82 Å². The Hall–Kier alpha value is -2.24. The summed E-state index contributed by atoms with van der Waals surface area (Å²) in [5, 5.41) is 4.12. The van der Waals surface area contributed by atoms with E-state index in [1.54, 1.807) is 30.1 Å². The van der Waals surface area contributed by atoms with Crippen LogP contribution in [0, 0.1) is 0 Å². The van der Waals surface area contributed by atoms with Crippen LogP contribution in [0.15, 0.2) is 18.3 Å². The topological polar surface area (TPSA) is 62.3 Å². The van der Waals surface area contributed by atoms with Crippen molar-refractivity contribution in [1.82, 2.24) is 9.78 Å². The van der Waals surface area contributed by atoms with E-state index in [1.807, 2.05) is 0 Å². The van der Waals surface area contributed by atoms with Gasteiger partial charge in [-0.3, -0.25) is 4.68 Å². The van der Waals surface area contributed by atoms with Crippen molar-refractivity contribution in [2.24, 2.45) is 7.05 Å². The van der Waals surface area contributed by atoms with E-state index in [2.05, 4.69) is 5.10 Å². The fraction of sp³-hybridized carbons (Fsp3) is 0.357. The Morgan fingerprint density at radius 2 is 2.05 bits per heavy atom. The molecule has 0 bridgehead atoms. The summed E-state index contributed by atoms with van der Waals surface area (Å²) < 4.78 is 26.5. The van der Waals surface area contributed by atoms with Gasteiger partial charge in [0, 0.05) is 18.2 Å². The molecule has 1 aromatic heterocycles. The quantitative estimate of drug-likeness (QED) is 0.916. The Kier molecular flexibility index (Phi) is 3.00. The molecule has 1 atom stereocenters. The molecular weight excluding hydrogens is 261 g/mol. The van der Waals surface area contributed by atoms with E-state index in [-0.39, 0.29) is 0 Å². The van der Waals surface area contributed by atoms with E-state index in [4.69, 9.17) is 15.2 Å². The molecule has 0 fully saturated rings. The molecule has 0 saturated heterocycles. The lowest BCUT2D eigenvalue weighted by atomic mass is 10.0. The molecule has 0 amide bonds. The molecule has 1 aromatic carbocycles. The molecule has 20 heavy (non-hydrogen) atoms. The number of anilines is 1. The highest BCUT2D eigenvalue weighted by Crippen LogP contribution is 2.44. The Morgan fingerprint density at radius 1 is 1.30 bits per heavy atom. The summed E-state index contributed by atoms with van der Waals surface area (Å²) in [4.78, 5) is 0. The molecule has 0 spiro atoms. The summed E-state index contributed by atoms with van der Waals surface area (Å²) >= 11 is 0. The first-order valence-electron chi connectivity index (χ1n) is 6.43. The van der Waals surface area contributed by atoms with Crippen molar-refractivity contribution in [3.63, 3.8) is 0 Å². The smallest absolute Gasteiger partial charge is 0.169 e. The number of rotatable bonds is 2. The molecule has 3 rings (SSSR count). The zero-order valence-corrected chi connectivity index (χ0v) is 11.4. The summed E-state index contributed by atoms with van der Waals surface area (Å²) in [6.45, 7) is 2.41. The molecule has 0 saturated carbocycles. The lowest BCUT2D eigenvalue weighted by molar-refractivity contribution is 0.172. The summed E-state index contributed by atoms with van der Waals surface area (Å²) in [6.07, 6.45) is 0.553. The minimum Gasteiger partial charge on any atom is -0.486 e. The molecule has 0 radical (unpaired) electrons. The van der Waals surface area contributed by atoms with Gasteiger partial charge in [-0.15, -0.1) is 0 Å². The Labute approximate surface area is 116 Å². The molecule has 1 aliphatic rings. The van der Waals surface area contributed by atoms with E-state index < -0.39 is 6.17 Å². The largest absolute Gasteiger partial charge is 0.486 e. The van der Waals surface area contributed by atoms with Crippen molar-refractivity contribution in [3.05, 3.63) is 23.9 Å². The van der Waals surface area contributed by atoms with Gasteiger partial charge in [-0.2, -0.15) is 5.10 Å². The van der Waals surface area contributed by atoms with Gasteiger partial charge in [-0.05, 0) is 24.6 Å². The van der Waals surface area contributed by atoms with Crippen LogP contribution in [0.25, 0.3) is 11.1 Å². The van der Waals surface area contributed by atoms with Crippen LogP contribution in [0.1, 0.15) is 18.7 Å². The molecule has 1 unspecified atom stereocenters. The van der Waals surface area contributed by atoms with Gasteiger partial charge in [0.15, 0.2) is 11.5 Å². The number of nitrogen functional groups attached to an aromatic ring is 1. The highest BCUT2D eigenvalue weighted by Gasteiger charge is 2.22. The highest BCUT2D eigenvalue weighted by atomic mass is 19.1. The first kappa shape index (κ1) is 12.8. The van der Waals surface area contributed by atoms with Crippen LogP contribution in [-0.4, -0.2) is 23.0 Å². The number of halogens is 1. The van der Waals surface area contributed by atoms with Crippen LogP contribution in [-0.2, 0) is 7.05 Å². The van der Waals surface area contributed by atoms with Crippen molar-refractivity contribution < 1.29 is 13.9 Å². The Morgan fingerprint density at radius 3 is 2.70 bits per heavy atom. The van der Waals surface area contributed by atoms with Crippen molar-refractivity contribution in [3.8, 4) is 22.6 Å². The zero-order chi connectivity index (χ0) is 14.3. The third-order valence-electron chi connectivity index (χ3n) is 3.40. The number of benzene rings is 1. The summed E-state index contributed by atoms with van der Waals surface area (Å²) in [6, 6.07) is 3.42. The monoisotopic (exact) mass is 277 g/mol. The van der Waals surface area contributed by atoms with E-state index in [0.29, 0.717) is 41.7 Å². The van der Waals surface area contributed by atoms with Crippen LogP contribution in [0.5, 0.6) is 11.5 Å². The SMILES string of the molecule is CC(F)c1cc2c(c(-c3cnn(C)c3N)c1)OCCO2. The van der Waals surface area contributed by atoms with E-state index in [1.165, 1.54) is 6.92 Å². The fourth-order valence-electron chi connectivity index (χ4n) is 2.26. The van der Waals surface area contributed by atoms with E-state index in [0.717, 1.165) is 5.56 Å². The average molecular weight is 277 g/mol. The van der Waals surface area contributed by atoms with Crippen LogP contribution < -0.4 is 15.2 Å². The first-order chi connectivity index (χ1) is 9.58. The summed E-state index contributed by atoms with van der Waals surface area (Å²) in [7, 11) is 1.75. The van der Waals surface area contributed by atoms with E-state index >= 15 is 0 Å². The molecule has 6 heteroatoms. The number of alkyl halides is 1. The fourth-order valence-corrected chi connectivity index (χ4v) is 2.26. The number of hydrogen-bond donors (Lipinski definition) is 1. The number of ether oxygens (including phenoxy) is 2. The second kappa shape index (κ2) is 4.70. The zero-order valence-electron chi connectivity index (χ0n) is 11.4. The number of hydrogen-bond acceptors (Lipinski definition) is 4. The van der Waals surface area contributed by atoms with Gasteiger partial charge in [-0.25, -0.2) is 4.39 Å². The first-order valence-corrected chi connectivity index (χ1v) is 6.43. The van der Waals surface area contributed by atoms with Crippen LogP contribution in [0.4, 0.5) is 10.2 Å². The number of fused-ring (bicyclic) bond motifs is 1. The standard InChI is InChI=1S/C14H16FN3O2/c1-8(15)9-5-10(11-7-17-18(2)14(11)16)13-12(6-9)19-3-4-20-13/h5-8H,3-4,16H2,1-2H3. The maximum Gasteiger partial charge on any atom is 0.169 e. The highest BCUT2D eigenvalue weighted by molar-refractivity contribution is 5.81. The van der Waals surface area contributed by atoms with Crippen molar-refractivity contribution in [1.29, 1.82) is 0 Å². The van der Waals surface area contributed by atoms with Gasteiger partial charge < -0.3 is 15.2 Å². The molecule has 2 heterocycles. The molecular formula is C14H16FN3O2. The molecule has 2 aromatic rings. The normalized spacial score (nSPS) is 15.2. The molecule has 1 aliphatic heterocycles. The number of nitrogens with zero attached hydrogens (tertiary/aromatic N) is 2. The van der Waals surface area contributed by atoms with E-state index in [9.17, 15) is 4.39 Å².